The minimum atomic E-state index is -0.165. The van der Waals surface area contributed by atoms with Gasteiger partial charge in [0.25, 0.3) is 0 Å². The summed E-state index contributed by atoms with van der Waals surface area (Å²) in [6.07, 6.45) is 1.94. The van der Waals surface area contributed by atoms with Crippen LogP contribution >= 0.6 is 22.6 Å². The summed E-state index contributed by atoms with van der Waals surface area (Å²) in [6, 6.07) is 13.7. The minimum absolute atomic E-state index is 0.153. The molecule has 0 saturated carbocycles. The Morgan fingerprint density at radius 3 is 2.52 bits per heavy atom. The Morgan fingerprint density at radius 2 is 1.86 bits per heavy atom. The van der Waals surface area contributed by atoms with Gasteiger partial charge in [-0.2, -0.15) is 0 Å². The fraction of sp³-hybridized carbons (Fsp3) is 0.333. The van der Waals surface area contributed by atoms with Gasteiger partial charge in [-0.1, -0.05) is 25.1 Å². The summed E-state index contributed by atoms with van der Waals surface area (Å²) in [4.78, 5) is 0. The van der Waals surface area contributed by atoms with Crippen molar-refractivity contribution in [3.8, 4) is 0 Å². The number of nitrogens with one attached hydrogen (secondary N) is 1. The summed E-state index contributed by atoms with van der Waals surface area (Å²) in [5, 5.41) is 3.55. The zero-order chi connectivity index (χ0) is 15.2. The van der Waals surface area contributed by atoms with Crippen LogP contribution in [-0.2, 0) is 6.42 Å². The van der Waals surface area contributed by atoms with Gasteiger partial charge in [0.05, 0.1) is 0 Å². The molecule has 1 unspecified atom stereocenters. The van der Waals surface area contributed by atoms with Crippen molar-refractivity contribution < 1.29 is 4.39 Å². The molecule has 0 bridgehead atoms. The average molecular weight is 397 g/mol. The molecule has 1 atom stereocenters. The number of halogens is 2. The van der Waals surface area contributed by atoms with Gasteiger partial charge >= 0.3 is 0 Å². The molecule has 0 radical (unpaired) electrons. The first-order valence-corrected chi connectivity index (χ1v) is 8.42. The average Bonchev–Trinajstić information content (AvgIpc) is 2.48. The molecule has 3 heteroatoms. The molecule has 21 heavy (non-hydrogen) atoms. The molecule has 1 nitrogen and oxygen atoms in total. The molecule has 0 amide bonds. The first kappa shape index (κ1) is 16.4. The first-order valence-electron chi connectivity index (χ1n) is 7.34. The van der Waals surface area contributed by atoms with Gasteiger partial charge < -0.3 is 5.32 Å². The van der Waals surface area contributed by atoms with Gasteiger partial charge in [-0.3, -0.25) is 0 Å². The highest BCUT2D eigenvalue weighted by molar-refractivity contribution is 14.1. The molecule has 0 aliphatic heterocycles. The van der Waals surface area contributed by atoms with E-state index in [-0.39, 0.29) is 11.9 Å². The van der Waals surface area contributed by atoms with Crippen molar-refractivity contribution in [3.63, 3.8) is 0 Å². The van der Waals surface area contributed by atoms with Gasteiger partial charge in [0.1, 0.15) is 5.82 Å². The van der Waals surface area contributed by atoms with Crippen molar-refractivity contribution in [2.24, 2.45) is 0 Å². The maximum absolute atomic E-state index is 13.6. The van der Waals surface area contributed by atoms with Crippen LogP contribution in [0.25, 0.3) is 0 Å². The molecule has 2 aromatic rings. The van der Waals surface area contributed by atoms with Crippen LogP contribution in [0, 0.1) is 16.3 Å². The van der Waals surface area contributed by atoms with E-state index < -0.39 is 0 Å². The predicted octanol–water partition coefficient (Wildman–Crippen LogP) is 5.02. The van der Waals surface area contributed by atoms with Gasteiger partial charge in [-0.05, 0) is 89.9 Å². The topological polar surface area (TPSA) is 12.0 Å². The van der Waals surface area contributed by atoms with Crippen LogP contribution in [0.1, 0.15) is 36.1 Å². The lowest BCUT2D eigenvalue weighted by atomic mass is 9.95. The molecule has 0 fully saturated rings. The molecule has 0 spiro atoms. The molecular formula is C18H21FIN. The first-order chi connectivity index (χ1) is 10.1. The molecule has 0 saturated heterocycles. The van der Waals surface area contributed by atoms with E-state index >= 15 is 0 Å². The molecule has 2 rings (SSSR count). The number of benzene rings is 2. The summed E-state index contributed by atoms with van der Waals surface area (Å²) in [6.45, 7) is 5.13. The standard InChI is InChI=1S/C18H21FIN/c1-3-10-21-18(11-14-5-8-16(20)9-6-14)17-12-15(19)7-4-13(17)2/h4-9,12,18,21H,3,10-11H2,1-2H3. The van der Waals surface area contributed by atoms with Gasteiger partial charge in [0.2, 0.25) is 0 Å². The monoisotopic (exact) mass is 397 g/mol. The number of hydrogen-bond acceptors (Lipinski definition) is 1. The Labute approximate surface area is 140 Å². The Hall–Kier alpha value is -0.940. The maximum atomic E-state index is 13.6. The van der Waals surface area contributed by atoms with Gasteiger partial charge in [0, 0.05) is 9.61 Å². The molecule has 112 valence electrons. The third-order valence-electron chi connectivity index (χ3n) is 3.61. The van der Waals surface area contributed by atoms with Crippen molar-refractivity contribution in [2.75, 3.05) is 6.54 Å². The van der Waals surface area contributed by atoms with E-state index in [9.17, 15) is 4.39 Å². The maximum Gasteiger partial charge on any atom is 0.123 e. The van der Waals surface area contributed by atoms with Gasteiger partial charge in [0.15, 0.2) is 0 Å². The fourth-order valence-corrected chi connectivity index (χ4v) is 2.81. The summed E-state index contributed by atoms with van der Waals surface area (Å²) in [7, 11) is 0. The lowest BCUT2D eigenvalue weighted by molar-refractivity contribution is 0.522. The Bertz CT molecular complexity index is 580. The van der Waals surface area contributed by atoms with Crippen molar-refractivity contribution >= 4 is 22.6 Å². The summed E-state index contributed by atoms with van der Waals surface area (Å²) in [5.74, 6) is -0.165. The van der Waals surface area contributed by atoms with Crippen molar-refractivity contribution in [2.45, 2.75) is 32.7 Å². The number of aryl methyl sites for hydroxylation is 1. The molecular weight excluding hydrogens is 376 g/mol. The largest absolute Gasteiger partial charge is 0.310 e. The quantitative estimate of drug-likeness (QED) is 0.675. The zero-order valence-electron chi connectivity index (χ0n) is 12.5. The molecule has 0 aliphatic rings. The highest BCUT2D eigenvalue weighted by atomic mass is 127. The molecule has 2 aromatic carbocycles. The van der Waals surface area contributed by atoms with Crippen LogP contribution in [0.2, 0.25) is 0 Å². The van der Waals surface area contributed by atoms with E-state index in [4.69, 9.17) is 0 Å². The zero-order valence-corrected chi connectivity index (χ0v) is 14.7. The second-order valence-corrected chi connectivity index (χ2v) is 6.58. The molecule has 0 aromatic heterocycles. The van der Waals surface area contributed by atoms with E-state index in [1.165, 1.54) is 15.2 Å². The second-order valence-electron chi connectivity index (χ2n) is 5.34. The summed E-state index contributed by atoms with van der Waals surface area (Å²) in [5.41, 5.74) is 3.46. The molecule has 0 heterocycles. The molecule has 0 aliphatic carbocycles. The van der Waals surface area contributed by atoms with Crippen LogP contribution in [0.15, 0.2) is 42.5 Å². The van der Waals surface area contributed by atoms with Gasteiger partial charge in [-0.25, -0.2) is 4.39 Å². The molecule has 1 N–H and O–H groups in total. The lowest BCUT2D eigenvalue weighted by Gasteiger charge is -2.21. The number of hydrogen-bond donors (Lipinski definition) is 1. The van der Waals surface area contributed by atoms with Crippen molar-refractivity contribution in [3.05, 3.63) is 68.5 Å². The minimum Gasteiger partial charge on any atom is -0.310 e. The number of rotatable bonds is 6. The second kappa shape index (κ2) is 7.90. The summed E-state index contributed by atoms with van der Waals surface area (Å²) < 4.78 is 14.8. The van der Waals surface area contributed by atoms with Crippen LogP contribution < -0.4 is 5.32 Å². The highest BCUT2D eigenvalue weighted by Gasteiger charge is 2.14. The SMILES string of the molecule is CCCNC(Cc1ccc(I)cc1)c1cc(F)ccc1C. The normalized spacial score (nSPS) is 12.4. The predicted molar refractivity (Wildman–Crippen MR) is 95.0 cm³/mol. The lowest BCUT2D eigenvalue weighted by Crippen LogP contribution is -2.25. The highest BCUT2D eigenvalue weighted by Crippen LogP contribution is 2.23. The fourth-order valence-electron chi connectivity index (χ4n) is 2.45. The Morgan fingerprint density at radius 1 is 1.14 bits per heavy atom. The third kappa shape index (κ3) is 4.78. The summed E-state index contributed by atoms with van der Waals surface area (Å²) >= 11 is 2.31. The van der Waals surface area contributed by atoms with Crippen molar-refractivity contribution in [1.82, 2.24) is 5.32 Å². The van der Waals surface area contributed by atoms with E-state index in [0.29, 0.717) is 0 Å². The Balaban J connectivity index is 2.25. The Kier molecular flexibility index (Phi) is 6.18. The van der Waals surface area contributed by atoms with Crippen LogP contribution in [0.3, 0.4) is 0 Å². The van der Waals surface area contributed by atoms with E-state index in [1.54, 1.807) is 6.07 Å². The van der Waals surface area contributed by atoms with Crippen LogP contribution in [0.4, 0.5) is 4.39 Å². The van der Waals surface area contributed by atoms with E-state index in [2.05, 4.69) is 59.1 Å². The van der Waals surface area contributed by atoms with Crippen LogP contribution in [0.5, 0.6) is 0 Å². The van der Waals surface area contributed by atoms with E-state index in [0.717, 1.165) is 30.5 Å². The third-order valence-corrected chi connectivity index (χ3v) is 4.33. The van der Waals surface area contributed by atoms with Crippen molar-refractivity contribution in [1.29, 1.82) is 0 Å². The van der Waals surface area contributed by atoms with Gasteiger partial charge in [-0.15, -0.1) is 0 Å². The van der Waals surface area contributed by atoms with Crippen LogP contribution in [-0.4, -0.2) is 6.54 Å². The smallest absolute Gasteiger partial charge is 0.123 e. The van der Waals surface area contributed by atoms with E-state index in [1.807, 2.05) is 13.0 Å².